The second-order valence-corrected chi connectivity index (χ2v) is 10.0. The smallest absolute Gasteiger partial charge is 0.329 e. The second kappa shape index (κ2) is 9.42. The Labute approximate surface area is 203 Å². The third kappa shape index (κ3) is 4.35. The highest BCUT2D eigenvalue weighted by molar-refractivity contribution is 7.91. The minimum Gasteiger partial charge on any atom is -0.497 e. The largest absolute Gasteiger partial charge is 0.497 e. The van der Waals surface area contributed by atoms with E-state index in [9.17, 15) is 18.0 Å². The van der Waals surface area contributed by atoms with Crippen LogP contribution in [0.5, 0.6) is 5.75 Å². The second-order valence-electron chi connectivity index (χ2n) is 8.11. The topological polar surface area (TPSA) is 99.4 Å². The summed E-state index contributed by atoms with van der Waals surface area (Å²) in [5.41, 5.74) is 2.29. The van der Waals surface area contributed by atoms with Crippen molar-refractivity contribution in [3.05, 3.63) is 82.3 Å². The molecule has 0 aliphatic carbocycles. The molecule has 0 radical (unpaired) electrons. The molecule has 9 heteroatoms. The molecule has 0 atom stereocenters. The fourth-order valence-electron chi connectivity index (χ4n) is 4.05. The van der Waals surface area contributed by atoms with Crippen LogP contribution in [0, 0.1) is 6.92 Å². The van der Waals surface area contributed by atoms with Gasteiger partial charge in [0.05, 0.1) is 33.6 Å². The number of aromatic nitrogens is 2. The van der Waals surface area contributed by atoms with Gasteiger partial charge >= 0.3 is 5.69 Å². The molecule has 1 amide bonds. The lowest BCUT2D eigenvalue weighted by Crippen LogP contribution is -2.23. The molecule has 3 aromatic carbocycles. The van der Waals surface area contributed by atoms with Crippen LogP contribution in [0.3, 0.4) is 0 Å². The molecule has 0 aliphatic heterocycles. The average Bonchev–Trinajstić information content (AvgIpc) is 3.13. The Morgan fingerprint density at radius 3 is 2.03 bits per heavy atom. The third-order valence-corrected chi connectivity index (χ3v) is 7.78. The van der Waals surface area contributed by atoms with E-state index in [1.165, 1.54) is 29.9 Å². The molecule has 4 aromatic rings. The number of carbonyl (C=O) groups is 1. The van der Waals surface area contributed by atoms with Crippen molar-refractivity contribution in [1.82, 2.24) is 9.13 Å². The number of sulfone groups is 1. The summed E-state index contributed by atoms with van der Waals surface area (Å²) in [6, 6.07) is 16.0. The van der Waals surface area contributed by atoms with Crippen LogP contribution >= 0.6 is 0 Å². The number of hydrogen-bond acceptors (Lipinski definition) is 5. The van der Waals surface area contributed by atoms with Gasteiger partial charge in [0.25, 0.3) is 5.91 Å². The van der Waals surface area contributed by atoms with Gasteiger partial charge in [-0.2, -0.15) is 0 Å². The predicted octanol–water partition coefficient (Wildman–Crippen LogP) is 4.24. The molecule has 8 nitrogen and oxygen atoms in total. The Balaban J connectivity index is 1.94. The summed E-state index contributed by atoms with van der Waals surface area (Å²) in [7, 11) is -2.55. The van der Waals surface area contributed by atoms with Gasteiger partial charge in [0, 0.05) is 18.7 Å². The monoisotopic (exact) mass is 493 g/mol. The van der Waals surface area contributed by atoms with Crippen LogP contribution in [0.15, 0.2) is 75.2 Å². The van der Waals surface area contributed by atoms with E-state index in [0.29, 0.717) is 35.4 Å². The molecule has 35 heavy (non-hydrogen) atoms. The summed E-state index contributed by atoms with van der Waals surface area (Å²) in [6.45, 7) is 6.36. The van der Waals surface area contributed by atoms with Gasteiger partial charge in [-0.1, -0.05) is 17.7 Å². The number of methoxy groups -OCH3 is 1. The van der Waals surface area contributed by atoms with Crippen molar-refractivity contribution in [2.45, 2.75) is 43.7 Å². The Kier molecular flexibility index (Phi) is 6.53. The normalized spacial score (nSPS) is 11.5. The average molecular weight is 494 g/mol. The highest BCUT2D eigenvalue weighted by atomic mass is 32.2. The number of amides is 1. The Morgan fingerprint density at radius 2 is 1.49 bits per heavy atom. The number of nitrogens with zero attached hydrogens (tertiary/aromatic N) is 2. The van der Waals surface area contributed by atoms with Crippen LogP contribution in [0.1, 0.15) is 29.8 Å². The number of benzene rings is 3. The number of hydrogen-bond donors (Lipinski definition) is 1. The standard InChI is InChI=1S/C26H27N3O5S/c1-5-28-22-15-21(27-25(30)18-9-7-17(3)8-10-18)24(16-23(22)29(6-2)26(28)31)35(32,33)20-13-11-19(34-4)12-14-20/h7-16H,5-6H2,1-4H3,(H,27,30). The summed E-state index contributed by atoms with van der Waals surface area (Å²) in [6.07, 6.45) is 0. The molecular formula is C26H27N3O5S. The first-order chi connectivity index (χ1) is 16.7. The maximum absolute atomic E-state index is 13.7. The first-order valence-electron chi connectivity index (χ1n) is 11.3. The molecule has 0 saturated heterocycles. The SMILES string of the molecule is CCn1c(=O)n(CC)c2cc(S(=O)(=O)c3ccc(OC)cc3)c(NC(=O)c3ccc(C)cc3)cc21. The van der Waals surface area contributed by atoms with Gasteiger partial charge in [-0.15, -0.1) is 0 Å². The summed E-state index contributed by atoms with van der Waals surface area (Å²) in [4.78, 5) is 25.9. The van der Waals surface area contributed by atoms with Crippen LogP contribution in [0.4, 0.5) is 5.69 Å². The van der Waals surface area contributed by atoms with Crippen molar-refractivity contribution < 1.29 is 17.9 Å². The van der Waals surface area contributed by atoms with Gasteiger partial charge in [0.2, 0.25) is 9.84 Å². The van der Waals surface area contributed by atoms with Gasteiger partial charge in [0.1, 0.15) is 5.75 Å². The van der Waals surface area contributed by atoms with E-state index in [-0.39, 0.29) is 21.2 Å². The van der Waals surface area contributed by atoms with Crippen molar-refractivity contribution in [3.8, 4) is 5.75 Å². The van der Waals surface area contributed by atoms with E-state index >= 15 is 0 Å². The zero-order valence-electron chi connectivity index (χ0n) is 20.0. The minimum atomic E-state index is -4.05. The van der Waals surface area contributed by atoms with Crippen molar-refractivity contribution in [2.24, 2.45) is 0 Å². The molecule has 0 unspecified atom stereocenters. The number of nitrogens with one attached hydrogen (secondary N) is 1. The highest BCUT2D eigenvalue weighted by Gasteiger charge is 2.26. The molecule has 0 bridgehead atoms. The van der Waals surface area contributed by atoms with E-state index in [1.807, 2.05) is 32.9 Å². The summed E-state index contributed by atoms with van der Waals surface area (Å²) in [5, 5.41) is 2.77. The van der Waals surface area contributed by atoms with Gasteiger partial charge < -0.3 is 10.1 Å². The van der Waals surface area contributed by atoms with Crippen LogP contribution in [0.25, 0.3) is 11.0 Å². The number of carbonyl (C=O) groups excluding carboxylic acids is 1. The number of anilines is 1. The Hall–Kier alpha value is -3.85. The van der Waals surface area contributed by atoms with E-state index in [1.54, 1.807) is 34.9 Å². The molecular weight excluding hydrogens is 466 g/mol. The van der Waals surface area contributed by atoms with Crippen LogP contribution in [-0.2, 0) is 22.9 Å². The zero-order chi connectivity index (χ0) is 25.3. The van der Waals surface area contributed by atoms with Gasteiger partial charge in [0.15, 0.2) is 0 Å². The molecule has 0 saturated carbocycles. The van der Waals surface area contributed by atoms with Crippen LogP contribution in [0.2, 0.25) is 0 Å². The molecule has 0 fully saturated rings. The molecule has 182 valence electrons. The Morgan fingerprint density at radius 1 is 0.914 bits per heavy atom. The van der Waals surface area contributed by atoms with Gasteiger partial charge in [-0.25, -0.2) is 13.2 Å². The number of fused-ring (bicyclic) bond motifs is 1. The van der Waals surface area contributed by atoms with E-state index in [2.05, 4.69) is 5.32 Å². The first kappa shape index (κ1) is 24.3. The quantitative estimate of drug-likeness (QED) is 0.415. The first-order valence-corrected chi connectivity index (χ1v) is 12.7. The summed E-state index contributed by atoms with van der Waals surface area (Å²) in [5.74, 6) is 0.0722. The third-order valence-electron chi connectivity index (χ3n) is 5.97. The van der Waals surface area contributed by atoms with Crippen molar-refractivity contribution in [3.63, 3.8) is 0 Å². The van der Waals surface area contributed by atoms with E-state index in [4.69, 9.17) is 4.74 Å². The number of imidazole rings is 1. The van der Waals surface area contributed by atoms with Gasteiger partial charge in [-0.3, -0.25) is 13.9 Å². The molecule has 1 N–H and O–H groups in total. The fourth-order valence-corrected chi connectivity index (χ4v) is 5.47. The lowest BCUT2D eigenvalue weighted by Gasteiger charge is -2.14. The van der Waals surface area contributed by atoms with Crippen LogP contribution in [-0.4, -0.2) is 30.6 Å². The van der Waals surface area contributed by atoms with Gasteiger partial charge in [-0.05, 0) is 69.3 Å². The maximum Gasteiger partial charge on any atom is 0.329 e. The number of ether oxygens (including phenoxy) is 1. The lowest BCUT2D eigenvalue weighted by atomic mass is 10.1. The summed E-state index contributed by atoms with van der Waals surface area (Å²) < 4.78 is 35.7. The maximum atomic E-state index is 13.7. The summed E-state index contributed by atoms with van der Waals surface area (Å²) >= 11 is 0. The van der Waals surface area contributed by atoms with Crippen molar-refractivity contribution in [2.75, 3.05) is 12.4 Å². The molecule has 1 heterocycles. The fraction of sp³-hybridized carbons (Fsp3) is 0.231. The molecule has 0 spiro atoms. The van der Waals surface area contributed by atoms with Crippen molar-refractivity contribution in [1.29, 1.82) is 0 Å². The molecule has 4 rings (SSSR count). The highest BCUT2D eigenvalue weighted by Crippen LogP contribution is 2.33. The van der Waals surface area contributed by atoms with Crippen molar-refractivity contribution >= 4 is 32.5 Å². The number of aryl methyl sites for hydroxylation is 3. The lowest BCUT2D eigenvalue weighted by molar-refractivity contribution is 0.102. The Bertz CT molecular complexity index is 1560. The van der Waals surface area contributed by atoms with E-state index in [0.717, 1.165) is 5.56 Å². The molecule has 0 aliphatic rings. The van der Waals surface area contributed by atoms with Crippen LogP contribution < -0.4 is 15.7 Å². The zero-order valence-corrected chi connectivity index (χ0v) is 20.8. The van der Waals surface area contributed by atoms with E-state index < -0.39 is 15.7 Å². The minimum absolute atomic E-state index is 0.0452. The number of rotatable bonds is 7. The molecule has 1 aromatic heterocycles. The predicted molar refractivity (Wildman–Crippen MR) is 135 cm³/mol.